The molecule has 21 heavy (non-hydrogen) atoms. The Kier molecular flexibility index (Phi) is 6.14. The van der Waals surface area contributed by atoms with Gasteiger partial charge in [-0.25, -0.2) is 9.78 Å². The minimum atomic E-state index is -0.869. The van der Waals surface area contributed by atoms with Crippen LogP contribution in [0.4, 0.5) is 0 Å². The van der Waals surface area contributed by atoms with Gasteiger partial charge in [-0.3, -0.25) is 4.90 Å². The molecule has 1 aromatic rings. The molecule has 1 unspecified atom stereocenters. The molecule has 2 heterocycles. The van der Waals surface area contributed by atoms with Crippen molar-refractivity contribution in [3.8, 4) is 0 Å². The Morgan fingerprint density at radius 3 is 2.90 bits per heavy atom. The summed E-state index contributed by atoms with van der Waals surface area (Å²) in [5.41, 5.74) is 0.702. The van der Waals surface area contributed by atoms with Crippen LogP contribution in [0.25, 0.3) is 0 Å². The van der Waals surface area contributed by atoms with Crippen LogP contribution in [0.3, 0.4) is 0 Å². The highest BCUT2D eigenvalue weighted by Crippen LogP contribution is 2.23. The van der Waals surface area contributed by atoms with Gasteiger partial charge in [0.2, 0.25) is 0 Å². The van der Waals surface area contributed by atoms with E-state index in [1.165, 1.54) is 24.2 Å². The monoisotopic (exact) mass is 312 g/mol. The van der Waals surface area contributed by atoms with Crippen molar-refractivity contribution >= 4 is 17.3 Å². The number of carboxylic acids is 1. The number of likely N-dealkylation sites (tertiary alicyclic amines) is 1. The second kappa shape index (κ2) is 7.87. The first kappa shape index (κ1) is 16.4. The summed E-state index contributed by atoms with van der Waals surface area (Å²) in [5, 5.41) is 19.2. The molecule has 0 aromatic carbocycles. The lowest BCUT2D eigenvalue weighted by Gasteiger charge is -2.35. The van der Waals surface area contributed by atoms with Crippen molar-refractivity contribution in [3.05, 3.63) is 15.6 Å². The van der Waals surface area contributed by atoms with Gasteiger partial charge in [0, 0.05) is 25.6 Å². The summed E-state index contributed by atoms with van der Waals surface area (Å²) >= 11 is 1.31. The summed E-state index contributed by atoms with van der Waals surface area (Å²) in [6.45, 7) is 4.15. The molecule has 0 spiro atoms. The first-order chi connectivity index (χ1) is 10.2. The molecule has 118 valence electrons. The van der Waals surface area contributed by atoms with E-state index in [9.17, 15) is 9.90 Å². The molecule has 5 nitrogen and oxygen atoms in total. The molecule has 1 aliphatic rings. The lowest BCUT2D eigenvalue weighted by Crippen LogP contribution is -2.41. The molecular formula is C15H24N2O3S. The van der Waals surface area contributed by atoms with E-state index in [0.717, 1.165) is 37.4 Å². The van der Waals surface area contributed by atoms with Crippen LogP contribution in [0, 0.1) is 0 Å². The summed E-state index contributed by atoms with van der Waals surface area (Å²) < 4.78 is 0. The number of carboxylic acid groups (broad SMARTS) is 1. The van der Waals surface area contributed by atoms with Crippen molar-refractivity contribution in [1.82, 2.24) is 9.88 Å². The second-order valence-corrected chi connectivity index (χ2v) is 6.57. The summed E-state index contributed by atoms with van der Waals surface area (Å²) in [6.07, 6.45) is 5.89. The van der Waals surface area contributed by atoms with E-state index < -0.39 is 5.97 Å². The number of aryl methyl sites for hydroxylation is 1. The number of aromatic carboxylic acids is 1. The quantitative estimate of drug-likeness (QED) is 0.807. The minimum Gasteiger partial charge on any atom is -0.477 e. The van der Waals surface area contributed by atoms with E-state index in [1.54, 1.807) is 0 Å². The van der Waals surface area contributed by atoms with Gasteiger partial charge < -0.3 is 10.2 Å². The first-order valence-corrected chi connectivity index (χ1v) is 8.54. The summed E-state index contributed by atoms with van der Waals surface area (Å²) in [6, 6.07) is 0.466. The maximum atomic E-state index is 11.2. The molecule has 1 fully saturated rings. The van der Waals surface area contributed by atoms with Crippen LogP contribution in [0.15, 0.2) is 0 Å². The minimum absolute atomic E-state index is 0.238. The number of aliphatic hydroxyl groups is 1. The smallest absolute Gasteiger partial charge is 0.347 e. The third kappa shape index (κ3) is 4.25. The largest absolute Gasteiger partial charge is 0.477 e. The summed E-state index contributed by atoms with van der Waals surface area (Å²) in [4.78, 5) is 18.4. The van der Waals surface area contributed by atoms with Crippen molar-refractivity contribution in [2.75, 3.05) is 19.7 Å². The molecule has 0 amide bonds. The van der Waals surface area contributed by atoms with Crippen LogP contribution >= 0.6 is 11.3 Å². The van der Waals surface area contributed by atoms with Gasteiger partial charge in [-0.15, -0.1) is 11.3 Å². The molecule has 2 N–H and O–H groups in total. The normalized spacial score (nSPS) is 19.8. The molecule has 2 rings (SSSR count). The molecule has 0 aliphatic carbocycles. The fraction of sp³-hybridized carbons (Fsp3) is 0.733. The number of rotatable bonds is 7. The molecule has 6 heteroatoms. The zero-order chi connectivity index (χ0) is 15.2. The standard InChI is InChI=1S/C15H24N2O3S/c1-2-12-14(15(19)20)21-13(16-12)6-9-17-8-4-3-5-11(17)7-10-18/h11,18H,2-10H2,1H3,(H,19,20). The van der Waals surface area contributed by atoms with Crippen LogP contribution in [-0.2, 0) is 12.8 Å². The van der Waals surface area contributed by atoms with E-state index in [4.69, 9.17) is 5.11 Å². The lowest BCUT2D eigenvalue weighted by atomic mass is 9.99. The summed E-state index contributed by atoms with van der Waals surface area (Å²) in [7, 11) is 0. The number of aliphatic hydroxyl groups excluding tert-OH is 1. The fourth-order valence-electron chi connectivity index (χ4n) is 2.98. The van der Waals surface area contributed by atoms with Crippen molar-refractivity contribution in [2.45, 2.75) is 51.5 Å². The molecular weight excluding hydrogens is 288 g/mol. The molecule has 0 saturated carbocycles. The Hall–Kier alpha value is -0.980. The zero-order valence-electron chi connectivity index (χ0n) is 12.5. The predicted octanol–water partition coefficient (Wildman–Crippen LogP) is 2.18. The van der Waals surface area contributed by atoms with E-state index >= 15 is 0 Å². The Labute approximate surface area is 129 Å². The number of nitrogens with zero attached hydrogens (tertiary/aromatic N) is 2. The van der Waals surface area contributed by atoms with Gasteiger partial charge in [-0.1, -0.05) is 13.3 Å². The van der Waals surface area contributed by atoms with Crippen molar-refractivity contribution < 1.29 is 15.0 Å². The first-order valence-electron chi connectivity index (χ1n) is 7.72. The molecule has 0 radical (unpaired) electrons. The Balaban J connectivity index is 1.96. The molecule has 1 aromatic heterocycles. The van der Waals surface area contributed by atoms with Crippen molar-refractivity contribution in [1.29, 1.82) is 0 Å². The third-order valence-electron chi connectivity index (χ3n) is 4.10. The van der Waals surface area contributed by atoms with E-state index in [1.807, 2.05) is 6.92 Å². The Morgan fingerprint density at radius 1 is 1.48 bits per heavy atom. The Bertz CT molecular complexity index is 473. The summed E-state index contributed by atoms with van der Waals surface area (Å²) in [5.74, 6) is -0.869. The fourth-order valence-corrected chi connectivity index (χ4v) is 3.96. The highest BCUT2D eigenvalue weighted by atomic mass is 32.1. The van der Waals surface area contributed by atoms with Crippen molar-refractivity contribution in [3.63, 3.8) is 0 Å². The zero-order valence-corrected chi connectivity index (χ0v) is 13.4. The SMILES string of the molecule is CCc1nc(CCN2CCCCC2CCO)sc1C(=O)O. The Morgan fingerprint density at radius 2 is 2.29 bits per heavy atom. The third-order valence-corrected chi connectivity index (χ3v) is 5.24. The highest BCUT2D eigenvalue weighted by molar-refractivity contribution is 7.13. The van der Waals surface area contributed by atoms with Gasteiger partial charge in [0.25, 0.3) is 0 Å². The van der Waals surface area contributed by atoms with E-state index in [2.05, 4.69) is 9.88 Å². The maximum Gasteiger partial charge on any atom is 0.347 e. The molecule has 1 aliphatic heterocycles. The topological polar surface area (TPSA) is 73.7 Å². The number of hydrogen-bond donors (Lipinski definition) is 2. The predicted molar refractivity (Wildman–Crippen MR) is 83.1 cm³/mol. The molecule has 0 bridgehead atoms. The van der Waals surface area contributed by atoms with Gasteiger partial charge in [0.1, 0.15) is 4.88 Å². The highest BCUT2D eigenvalue weighted by Gasteiger charge is 2.22. The lowest BCUT2D eigenvalue weighted by molar-refractivity contribution is 0.0701. The maximum absolute atomic E-state index is 11.2. The number of thiazole rings is 1. The number of carbonyl (C=O) groups is 1. The number of aromatic nitrogens is 1. The van der Waals surface area contributed by atoms with Gasteiger partial charge >= 0.3 is 5.97 Å². The van der Waals surface area contributed by atoms with Crippen LogP contribution in [-0.4, -0.2) is 51.8 Å². The molecule has 1 atom stereocenters. The number of hydrogen-bond acceptors (Lipinski definition) is 5. The number of piperidine rings is 1. The van der Waals surface area contributed by atoms with E-state index in [0.29, 0.717) is 23.0 Å². The van der Waals surface area contributed by atoms with Gasteiger partial charge in [0.15, 0.2) is 0 Å². The van der Waals surface area contributed by atoms with Crippen molar-refractivity contribution in [2.24, 2.45) is 0 Å². The average molecular weight is 312 g/mol. The van der Waals surface area contributed by atoms with Gasteiger partial charge in [-0.2, -0.15) is 0 Å². The van der Waals surface area contributed by atoms with Gasteiger partial charge in [-0.05, 0) is 32.2 Å². The van der Waals surface area contributed by atoms with Gasteiger partial charge in [0.05, 0.1) is 10.7 Å². The second-order valence-electron chi connectivity index (χ2n) is 5.49. The van der Waals surface area contributed by atoms with E-state index in [-0.39, 0.29) is 6.61 Å². The van der Waals surface area contributed by atoms with Crippen LogP contribution in [0.5, 0.6) is 0 Å². The molecule has 1 saturated heterocycles. The average Bonchev–Trinajstić information content (AvgIpc) is 2.90. The van der Waals surface area contributed by atoms with Crippen LogP contribution in [0.1, 0.15) is 53.0 Å². The van der Waals surface area contributed by atoms with Crippen LogP contribution < -0.4 is 0 Å². The van der Waals surface area contributed by atoms with Crippen LogP contribution in [0.2, 0.25) is 0 Å².